The molecule has 0 spiro atoms. The van der Waals surface area contributed by atoms with Crippen molar-refractivity contribution in [2.45, 2.75) is 52.2 Å². The van der Waals surface area contributed by atoms with Gasteiger partial charge in [-0.25, -0.2) is 4.98 Å². The van der Waals surface area contributed by atoms with E-state index in [0.29, 0.717) is 5.56 Å². The van der Waals surface area contributed by atoms with Crippen LogP contribution in [0.2, 0.25) is 0 Å². The molecule has 5 nitrogen and oxygen atoms in total. The third-order valence-corrected chi connectivity index (χ3v) is 3.65. The first-order chi connectivity index (χ1) is 10.1. The van der Waals surface area contributed by atoms with Crippen LogP contribution in [0.1, 0.15) is 49.2 Å². The van der Waals surface area contributed by atoms with Gasteiger partial charge in [-0.15, -0.1) is 0 Å². The van der Waals surface area contributed by atoms with E-state index in [-0.39, 0.29) is 18.1 Å². The standard InChI is InChI=1S/C16H25N3O2/c1-4-7-17-15-10-13(9-11(2)18-15)16(20)19-12(3)14-6-5-8-21-14/h9-10,12,14H,4-8H2,1-3H3,(H,17,18)(H,19,20). The smallest absolute Gasteiger partial charge is 0.251 e. The predicted molar refractivity (Wildman–Crippen MR) is 83.7 cm³/mol. The molecule has 1 aliphatic rings. The van der Waals surface area contributed by atoms with E-state index >= 15 is 0 Å². The Morgan fingerprint density at radius 3 is 3.00 bits per heavy atom. The number of aryl methyl sites for hydroxylation is 1. The lowest BCUT2D eigenvalue weighted by Gasteiger charge is -2.20. The molecular formula is C16H25N3O2. The first kappa shape index (κ1) is 15.8. The summed E-state index contributed by atoms with van der Waals surface area (Å²) in [6, 6.07) is 3.65. The van der Waals surface area contributed by atoms with E-state index in [4.69, 9.17) is 4.74 Å². The van der Waals surface area contributed by atoms with Crippen LogP contribution in [0.25, 0.3) is 0 Å². The van der Waals surface area contributed by atoms with E-state index in [1.165, 1.54) is 0 Å². The minimum absolute atomic E-state index is 0.0283. The minimum Gasteiger partial charge on any atom is -0.376 e. The number of nitrogens with zero attached hydrogens (tertiary/aromatic N) is 1. The number of carbonyl (C=O) groups is 1. The Morgan fingerprint density at radius 2 is 2.33 bits per heavy atom. The second-order valence-electron chi connectivity index (χ2n) is 5.62. The van der Waals surface area contributed by atoms with Crippen LogP contribution in [0.15, 0.2) is 12.1 Å². The molecule has 1 aliphatic heterocycles. The number of amides is 1. The molecule has 0 aromatic carbocycles. The molecule has 2 N–H and O–H groups in total. The molecule has 1 fully saturated rings. The summed E-state index contributed by atoms with van der Waals surface area (Å²) in [5.74, 6) is 0.690. The van der Waals surface area contributed by atoms with E-state index in [1.54, 1.807) is 6.07 Å². The van der Waals surface area contributed by atoms with Crippen molar-refractivity contribution in [3.05, 3.63) is 23.4 Å². The fourth-order valence-corrected chi connectivity index (χ4v) is 2.52. The van der Waals surface area contributed by atoms with Crippen LogP contribution in [-0.2, 0) is 4.74 Å². The number of aromatic nitrogens is 1. The Labute approximate surface area is 126 Å². The summed E-state index contributed by atoms with van der Waals surface area (Å²) >= 11 is 0. The summed E-state index contributed by atoms with van der Waals surface area (Å²) in [5, 5.41) is 6.25. The number of hydrogen-bond acceptors (Lipinski definition) is 4. The van der Waals surface area contributed by atoms with Crippen molar-refractivity contribution in [2.75, 3.05) is 18.5 Å². The Bertz CT molecular complexity index is 484. The van der Waals surface area contributed by atoms with Crippen LogP contribution < -0.4 is 10.6 Å². The largest absolute Gasteiger partial charge is 0.376 e. The molecule has 21 heavy (non-hydrogen) atoms. The van der Waals surface area contributed by atoms with Crippen LogP contribution >= 0.6 is 0 Å². The molecule has 2 rings (SSSR count). The van der Waals surface area contributed by atoms with Crippen molar-refractivity contribution in [2.24, 2.45) is 0 Å². The monoisotopic (exact) mass is 291 g/mol. The molecule has 5 heteroatoms. The highest BCUT2D eigenvalue weighted by Crippen LogP contribution is 2.16. The van der Waals surface area contributed by atoms with Gasteiger partial charge in [0, 0.05) is 24.4 Å². The lowest BCUT2D eigenvalue weighted by molar-refractivity contribution is 0.0712. The second kappa shape index (κ2) is 7.41. The van der Waals surface area contributed by atoms with E-state index < -0.39 is 0 Å². The Hall–Kier alpha value is -1.62. The van der Waals surface area contributed by atoms with Crippen molar-refractivity contribution in [3.63, 3.8) is 0 Å². The summed E-state index contributed by atoms with van der Waals surface area (Å²) in [7, 11) is 0. The molecule has 116 valence electrons. The van der Waals surface area contributed by atoms with E-state index in [2.05, 4.69) is 22.5 Å². The first-order valence-corrected chi connectivity index (χ1v) is 7.75. The van der Waals surface area contributed by atoms with Crippen molar-refractivity contribution in [1.82, 2.24) is 10.3 Å². The highest BCUT2D eigenvalue weighted by atomic mass is 16.5. The quantitative estimate of drug-likeness (QED) is 0.845. The minimum atomic E-state index is -0.0666. The zero-order chi connectivity index (χ0) is 15.2. The zero-order valence-corrected chi connectivity index (χ0v) is 13.1. The number of pyridine rings is 1. The van der Waals surface area contributed by atoms with E-state index in [9.17, 15) is 4.79 Å². The molecule has 2 atom stereocenters. The van der Waals surface area contributed by atoms with Gasteiger partial charge >= 0.3 is 0 Å². The number of ether oxygens (including phenoxy) is 1. The number of rotatable bonds is 6. The van der Waals surface area contributed by atoms with Gasteiger partial charge in [0.05, 0.1) is 12.1 Å². The van der Waals surface area contributed by atoms with Gasteiger partial charge in [-0.05, 0) is 45.2 Å². The van der Waals surface area contributed by atoms with Gasteiger partial charge in [0.15, 0.2) is 0 Å². The van der Waals surface area contributed by atoms with Gasteiger partial charge in [0.2, 0.25) is 0 Å². The molecule has 2 unspecified atom stereocenters. The van der Waals surface area contributed by atoms with Crippen LogP contribution in [-0.4, -0.2) is 36.2 Å². The predicted octanol–water partition coefficient (Wildman–Crippen LogP) is 2.51. The molecule has 2 heterocycles. The third-order valence-electron chi connectivity index (χ3n) is 3.65. The van der Waals surface area contributed by atoms with E-state index in [0.717, 1.165) is 43.9 Å². The zero-order valence-electron chi connectivity index (χ0n) is 13.1. The summed E-state index contributed by atoms with van der Waals surface area (Å²) in [6.45, 7) is 7.64. The number of carbonyl (C=O) groups excluding carboxylic acids is 1. The lowest BCUT2D eigenvalue weighted by Crippen LogP contribution is -2.40. The molecule has 1 amide bonds. The summed E-state index contributed by atoms with van der Waals surface area (Å²) < 4.78 is 5.61. The normalized spacial score (nSPS) is 19.3. The Balaban J connectivity index is 2.02. The first-order valence-electron chi connectivity index (χ1n) is 7.75. The maximum Gasteiger partial charge on any atom is 0.251 e. The molecule has 1 aromatic rings. The number of anilines is 1. The second-order valence-corrected chi connectivity index (χ2v) is 5.62. The highest BCUT2D eigenvalue weighted by molar-refractivity contribution is 5.95. The molecule has 0 radical (unpaired) electrons. The third kappa shape index (κ3) is 4.43. The fourth-order valence-electron chi connectivity index (χ4n) is 2.52. The van der Waals surface area contributed by atoms with Crippen LogP contribution in [0, 0.1) is 6.92 Å². The van der Waals surface area contributed by atoms with Crippen molar-refractivity contribution in [1.29, 1.82) is 0 Å². The Morgan fingerprint density at radius 1 is 1.52 bits per heavy atom. The van der Waals surface area contributed by atoms with Crippen molar-refractivity contribution >= 4 is 11.7 Å². The number of nitrogens with one attached hydrogen (secondary N) is 2. The van der Waals surface area contributed by atoms with Gasteiger partial charge in [-0.3, -0.25) is 4.79 Å². The average Bonchev–Trinajstić information content (AvgIpc) is 2.98. The van der Waals surface area contributed by atoms with Crippen LogP contribution in [0.3, 0.4) is 0 Å². The Kier molecular flexibility index (Phi) is 5.56. The summed E-state index contributed by atoms with van der Waals surface area (Å²) in [6.07, 6.45) is 3.24. The highest BCUT2D eigenvalue weighted by Gasteiger charge is 2.24. The molecule has 1 saturated heterocycles. The van der Waals surface area contributed by atoms with Gasteiger partial charge in [-0.1, -0.05) is 6.92 Å². The van der Waals surface area contributed by atoms with Crippen molar-refractivity contribution < 1.29 is 9.53 Å². The number of hydrogen-bond donors (Lipinski definition) is 2. The maximum atomic E-state index is 12.4. The average molecular weight is 291 g/mol. The maximum absolute atomic E-state index is 12.4. The molecule has 0 aliphatic carbocycles. The molecule has 0 bridgehead atoms. The summed E-state index contributed by atoms with van der Waals surface area (Å²) in [4.78, 5) is 16.8. The molecule has 1 aromatic heterocycles. The van der Waals surface area contributed by atoms with Crippen molar-refractivity contribution in [3.8, 4) is 0 Å². The topological polar surface area (TPSA) is 63.2 Å². The van der Waals surface area contributed by atoms with Gasteiger partial charge in [-0.2, -0.15) is 0 Å². The van der Waals surface area contributed by atoms with Gasteiger partial charge in [0.25, 0.3) is 5.91 Å². The van der Waals surface area contributed by atoms with Gasteiger partial charge in [0.1, 0.15) is 5.82 Å². The fraction of sp³-hybridized carbons (Fsp3) is 0.625. The van der Waals surface area contributed by atoms with Gasteiger partial charge < -0.3 is 15.4 Å². The SMILES string of the molecule is CCCNc1cc(C(=O)NC(C)C2CCCO2)cc(C)n1. The van der Waals surface area contributed by atoms with Crippen LogP contribution in [0.5, 0.6) is 0 Å². The molecular weight excluding hydrogens is 266 g/mol. The van der Waals surface area contributed by atoms with Crippen LogP contribution in [0.4, 0.5) is 5.82 Å². The molecule has 0 saturated carbocycles. The lowest BCUT2D eigenvalue weighted by atomic mass is 10.1. The summed E-state index contributed by atoms with van der Waals surface area (Å²) in [5.41, 5.74) is 1.48. The van der Waals surface area contributed by atoms with E-state index in [1.807, 2.05) is 19.9 Å².